The molecule has 0 radical (unpaired) electrons. The maximum Gasteiger partial charge on any atom is 0.278 e. The molecule has 2 heterocycles. The molecule has 2 aliphatic rings. The molecule has 2 aliphatic heterocycles. The minimum Gasteiger partial charge on any atom is -0.352 e. The number of nitrogens with one attached hydrogen (secondary N) is 3. The number of rotatable bonds is 7. The van der Waals surface area contributed by atoms with Gasteiger partial charge in [-0.3, -0.25) is 34.2 Å². The van der Waals surface area contributed by atoms with Gasteiger partial charge in [0.05, 0.1) is 6.42 Å². The number of carbonyl (C=O) groups is 5. The van der Waals surface area contributed by atoms with E-state index in [0.29, 0.717) is 12.2 Å². The van der Waals surface area contributed by atoms with Crippen LogP contribution in [0.4, 0.5) is 5.69 Å². The average Bonchev–Trinajstić information content (AvgIpc) is 3.08. The average molecular weight is 475 g/mol. The SMILES string of the molecule is Cc1ccc(CC(=O)NCc2cccc(NC3=CC(=O)N(C4CCC(=O)NC4=O)C3=O)c2)cc1C. The molecule has 1 atom stereocenters. The third-order valence-electron chi connectivity index (χ3n) is 6.11. The highest BCUT2D eigenvalue weighted by Gasteiger charge is 2.42. The molecule has 1 saturated heterocycles. The minimum atomic E-state index is -1.01. The molecular weight excluding hydrogens is 448 g/mol. The molecule has 9 nitrogen and oxygen atoms in total. The van der Waals surface area contributed by atoms with Crippen molar-refractivity contribution in [1.82, 2.24) is 15.5 Å². The van der Waals surface area contributed by atoms with Crippen LogP contribution in [0.5, 0.6) is 0 Å². The number of anilines is 1. The monoisotopic (exact) mass is 474 g/mol. The highest BCUT2D eigenvalue weighted by atomic mass is 16.2. The van der Waals surface area contributed by atoms with E-state index in [4.69, 9.17) is 0 Å². The summed E-state index contributed by atoms with van der Waals surface area (Å²) >= 11 is 0. The molecule has 9 heteroatoms. The summed E-state index contributed by atoms with van der Waals surface area (Å²) in [5.41, 5.74) is 4.66. The van der Waals surface area contributed by atoms with Crippen molar-refractivity contribution in [3.05, 3.63) is 76.5 Å². The van der Waals surface area contributed by atoms with Crippen molar-refractivity contribution in [1.29, 1.82) is 0 Å². The van der Waals surface area contributed by atoms with Gasteiger partial charge in [0.25, 0.3) is 11.8 Å². The molecule has 1 unspecified atom stereocenters. The van der Waals surface area contributed by atoms with Gasteiger partial charge in [-0.25, -0.2) is 0 Å². The standard InChI is InChI=1S/C26H26N4O5/c1-15-6-7-17(10-16(15)2)12-23(32)27-14-18-4-3-5-19(11-18)28-20-13-24(33)30(26(20)35)21-8-9-22(31)29-25(21)34/h3-7,10-11,13,21,28H,8-9,12,14H2,1-2H3,(H,27,32)(H,29,31,34). The van der Waals surface area contributed by atoms with Gasteiger partial charge in [0, 0.05) is 24.7 Å². The molecule has 0 aliphatic carbocycles. The fourth-order valence-corrected chi connectivity index (χ4v) is 4.07. The normalized spacial score (nSPS) is 17.8. The zero-order valence-electron chi connectivity index (χ0n) is 19.5. The van der Waals surface area contributed by atoms with Gasteiger partial charge in [0.15, 0.2) is 0 Å². The van der Waals surface area contributed by atoms with Gasteiger partial charge in [-0.1, -0.05) is 30.3 Å². The molecule has 35 heavy (non-hydrogen) atoms. The van der Waals surface area contributed by atoms with E-state index in [9.17, 15) is 24.0 Å². The highest BCUT2D eigenvalue weighted by Crippen LogP contribution is 2.23. The summed E-state index contributed by atoms with van der Waals surface area (Å²) in [5.74, 6) is -2.42. The third-order valence-corrected chi connectivity index (χ3v) is 6.11. The molecule has 0 bridgehead atoms. The highest BCUT2D eigenvalue weighted by molar-refractivity contribution is 6.20. The number of hydrogen-bond donors (Lipinski definition) is 3. The molecular formula is C26H26N4O5. The van der Waals surface area contributed by atoms with E-state index >= 15 is 0 Å². The first-order valence-electron chi connectivity index (χ1n) is 11.3. The van der Waals surface area contributed by atoms with Gasteiger partial charge in [-0.15, -0.1) is 0 Å². The maximum atomic E-state index is 12.8. The Morgan fingerprint density at radius 1 is 1.03 bits per heavy atom. The fraction of sp³-hybridized carbons (Fsp3) is 0.269. The fourth-order valence-electron chi connectivity index (χ4n) is 4.07. The number of nitrogens with zero attached hydrogens (tertiary/aromatic N) is 1. The molecule has 3 N–H and O–H groups in total. The molecule has 4 rings (SSSR count). The quantitative estimate of drug-likeness (QED) is 0.524. The molecule has 5 amide bonds. The summed E-state index contributed by atoms with van der Waals surface area (Å²) in [6.07, 6.45) is 1.58. The number of carbonyl (C=O) groups excluding carboxylic acids is 5. The van der Waals surface area contributed by atoms with E-state index < -0.39 is 29.7 Å². The molecule has 0 aromatic heterocycles. The van der Waals surface area contributed by atoms with Gasteiger partial charge in [0.2, 0.25) is 17.7 Å². The Morgan fingerprint density at radius 3 is 2.57 bits per heavy atom. The lowest BCUT2D eigenvalue weighted by Gasteiger charge is -2.28. The van der Waals surface area contributed by atoms with Crippen LogP contribution in [0, 0.1) is 13.8 Å². The Kier molecular flexibility index (Phi) is 6.77. The number of imide groups is 2. The second-order valence-electron chi connectivity index (χ2n) is 8.74. The first-order valence-corrected chi connectivity index (χ1v) is 11.3. The van der Waals surface area contributed by atoms with Crippen LogP contribution in [-0.4, -0.2) is 40.5 Å². The van der Waals surface area contributed by atoms with Crippen LogP contribution in [-0.2, 0) is 36.9 Å². The zero-order valence-corrected chi connectivity index (χ0v) is 19.5. The molecule has 2 aromatic rings. The van der Waals surface area contributed by atoms with E-state index in [2.05, 4.69) is 16.0 Å². The molecule has 0 saturated carbocycles. The van der Waals surface area contributed by atoms with Crippen molar-refractivity contribution in [2.75, 3.05) is 5.32 Å². The summed E-state index contributed by atoms with van der Waals surface area (Å²) < 4.78 is 0. The van der Waals surface area contributed by atoms with Crippen LogP contribution < -0.4 is 16.0 Å². The summed E-state index contributed by atoms with van der Waals surface area (Å²) in [6, 6.07) is 12.0. The maximum absolute atomic E-state index is 12.8. The van der Waals surface area contributed by atoms with Crippen molar-refractivity contribution in [3.8, 4) is 0 Å². The lowest BCUT2D eigenvalue weighted by Crippen LogP contribution is -2.54. The Hall–Kier alpha value is -4.27. The molecule has 180 valence electrons. The molecule has 1 fully saturated rings. The van der Waals surface area contributed by atoms with Gasteiger partial charge < -0.3 is 10.6 Å². The predicted octanol–water partition coefficient (Wildman–Crippen LogP) is 1.63. The van der Waals surface area contributed by atoms with E-state index in [0.717, 1.165) is 27.7 Å². The van der Waals surface area contributed by atoms with Crippen LogP contribution >= 0.6 is 0 Å². The van der Waals surface area contributed by atoms with Crippen molar-refractivity contribution in [2.24, 2.45) is 0 Å². The number of hydrogen-bond acceptors (Lipinski definition) is 6. The Balaban J connectivity index is 1.35. The summed E-state index contributed by atoms with van der Waals surface area (Å²) in [6.45, 7) is 4.34. The van der Waals surface area contributed by atoms with Gasteiger partial charge in [-0.2, -0.15) is 0 Å². The number of benzene rings is 2. The summed E-state index contributed by atoms with van der Waals surface area (Å²) in [5, 5.41) is 7.99. The van der Waals surface area contributed by atoms with Crippen LogP contribution in [0.2, 0.25) is 0 Å². The Morgan fingerprint density at radius 2 is 1.83 bits per heavy atom. The third kappa shape index (κ3) is 5.46. The lowest BCUT2D eigenvalue weighted by molar-refractivity contribution is -0.149. The van der Waals surface area contributed by atoms with E-state index in [1.807, 2.05) is 38.1 Å². The van der Waals surface area contributed by atoms with Crippen LogP contribution in [0.25, 0.3) is 0 Å². The summed E-state index contributed by atoms with van der Waals surface area (Å²) in [7, 11) is 0. The first-order chi connectivity index (χ1) is 16.7. The van der Waals surface area contributed by atoms with Crippen LogP contribution in [0.1, 0.15) is 35.1 Å². The largest absolute Gasteiger partial charge is 0.352 e. The number of aryl methyl sites for hydroxylation is 2. The van der Waals surface area contributed by atoms with E-state index in [1.54, 1.807) is 18.2 Å². The van der Waals surface area contributed by atoms with Gasteiger partial charge in [0.1, 0.15) is 11.7 Å². The smallest absolute Gasteiger partial charge is 0.278 e. The summed E-state index contributed by atoms with van der Waals surface area (Å²) in [4.78, 5) is 62.0. The van der Waals surface area contributed by atoms with E-state index in [1.165, 1.54) is 5.56 Å². The van der Waals surface area contributed by atoms with Crippen molar-refractivity contribution in [2.45, 2.75) is 45.7 Å². The van der Waals surface area contributed by atoms with Gasteiger partial charge >= 0.3 is 0 Å². The van der Waals surface area contributed by atoms with E-state index in [-0.39, 0.29) is 30.9 Å². The van der Waals surface area contributed by atoms with Crippen molar-refractivity contribution < 1.29 is 24.0 Å². The predicted molar refractivity (Wildman–Crippen MR) is 128 cm³/mol. The van der Waals surface area contributed by atoms with Gasteiger partial charge in [-0.05, 0) is 54.7 Å². The lowest BCUT2D eigenvalue weighted by atomic mass is 10.0. The molecule has 2 aromatic carbocycles. The Bertz CT molecular complexity index is 1270. The topological polar surface area (TPSA) is 125 Å². The molecule has 0 spiro atoms. The van der Waals surface area contributed by atoms with Crippen LogP contribution in [0.3, 0.4) is 0 Å². The number of amides is 5. The zero-order chi connectivity index (χ0) is 25.1. The van der Waals surface area contributed by atoms with Crippen LogP contribution in [0.15, 0.2) is 54.2 Å². The second-order valence-corrected chi connectivity index (χ2v) is 8.74. The van der Waals surface area contributed by atoms with Crippen molar-refractivity contribution in [3.63, 3.8) is 0 Å². The Labute approximate surface area is 202 Å². The minimum absolute atomic E-state index is 0.0376. The number of piperidine rings is 1. The second kappa shape index (κ2) is 9.92. The van der Waals surface area contributed by atoms with Crippen molar-refractivity contribution >= 4 is 35.2 Å². The first kappa shape index (κ1) is 23.9.